The number of anilines is 1. The van der Waals surface area contributed by atoms with E-state index in [0.29, 0.717) is 0 Å². The Hall–Kier alpha value is -2.02. The van der Waals surface area contributed by atoms with Crippen LogP contribution in [0.2, 0.25) is 0 Å². The molecule has 0 amide bonds. The number of hydrogen-bond donors (Lipinski definition) is 1. The van der Waals surface area contributed by atoms with Gasteiger partial charge in [0.15, 0.2) is 0 Å². The summed E-state index contributed by atoms with van der Waals surface area (Å²) in [5, 5.41) is 0. The lowest BCUT2D eigenvalue weighted by atomic mass is 10.1. The molecular weight excluding hydrogens is 315 g/mol. The van der Waals surface area contributed by atoms with Gasteiger partial charge < -0.3 is 0 Å². The molecule has 0 aliphatic heterocycles. The molecule has 2 aromatic carbocycles. The summed E-state index contributed by atoms with van der Waals surface area (Å²) >= 11 is 0. The molecule has 3 nitrogen and oxygen atoms in total. The summed E-state index contributed by atoms with van der Waals surface area (Å²) in [4.78, 5) is 0.00742. The molecule has 118 valence electrons. The van der Waals surface area contributed by atoms with Crippen LogP contribution in [0.25, 0.3) is 0 Å². The van der Waals surface area contributed by atoms with Crippen LogP contribution < -0.4 is 4.72 Å². The number of alkyl halides is 3. The van der Waals surface area contributed by atoms with E-state index >= 15 is 0 Å². The molecule has 2 aromatic rings. The largest absolute Gasteiger partial charge is 0.416 e. The van der Waals surface area contributed by atoms with Crippen LogP contribution in [0.3, 0.4) is 0 Å². The smallest absolute Gasteiger partial charge is 0.280 e. The van der Waals surface area contributed by atoms with Crippen LogP contribution in [0.15, 0.2) is 47.4 Å². The lowest BCUT2D eigenvalue weighted by Crippen LogP contribution is -2.14. The average Bonchev–Trinajstić information content (AvgIpc) is 2.40. The van der Waals surface area contributed by atoms with Gasteiger partial charge in [-0.1, -0.05) is 12.1 Å². The molecule has 0 saturated heterocycles. The normalized spacial score (nSPS) is 12.2. The van der Waals surface area contributed by atoms with Crippen LogP contribution in [-0.2, 0) is 16.2 Å². The van der Waals surface area contributed by atoms with Crippen molar-refractivity contribution in [2.24, 2.45) is 0 Å². The third kappa shape index (κ3) is 3.59. The van der Waals surface area contributed by atoms with Gasteiger partial charge in [-0.15, -0.1) is 0 Å². The topological polar surface area (TPSA) is 46.2 Å². The summed E-state index contributed by atoms with van der Waals surface area (Å²) in [6, 6.07) is 8.61. The summed E-state index contributed by atoms with van der Waals surface area (Å²) in [5.41, 5.74) is 0.672. The highest BCUT2D eigenvalue weighted by atomic mass is 32.2. The van der Waals surface area contributed by atoms with E-state index in [9.17, 15) is 21.6 Å². The van der Waals surface area contributed by atoms with E-state index in [2.05, 4.69) is 4.72 Å². The van der Waals surface area contributed by atoms with E-state index in [-0.39, 0.29) is 10.6 Å². The number of nitrogens with one attached hydrogen (secondary N) is 1. The number of sulfonamides is 1. The Labute approximate surface area is 126 Å². The Bertz CT molecular complexity index is 799. The minimum Gasteiger partial charge on any atom is -0.280 e. The summed E-state index contributed by atoms with van der Waals surface area (Å²) in [7, 11) is -3.93. The first kappa shape index (κ1) is 16.4. The van der Waals surface area contributed by atoms with E-state index in [1.165, 1.54) is 18.2 Å². The number of hydrogen-bond acceptors (Lipinski definition) is 2. The predicted octanol–water partition coefficient (Wildman–Crippen LogP) is 4.12. The van der Waals surface area contributed by atoms with Crippen LogP contribution in [0.4, 0.5) is 18.9 Å². The molecule has 1 N–H and O–H groups in total. The minimum atomic E-state index is -4.53. The van der Waals surface area contributed by atoms with Crippen molar-refractivity contribution < 1.29 is 21.6 Å². The molecule has 7 heteroatoms. The van der Waals surface area contributed by atoms with E-state index in [1.807, 2.05) is 6.92 Å². The van der Waals surface area contributed by atoms with E-state index in [1.54, 1.807) is 13.0 Å². The van der Waals surface area contributed by atoms with E-state index in [0.717, 1.165) is 29.3 Å². The van der Waals surface area contributed by atoms with Gasteiger partial charge in [-0.25, -0.2) is 8.42 Å². The van der Waals surface area contributed by atoms with Gasteiger partial charge in [0.1, 0.15) is 0 Å². The van der Waals surface area contributed by atoms with Crippen LogP contribution >= 0.6 is 0 Å². The third-order valence-corrected chi connectivity index (χ3v) is 4.61. The monoisotopic (exact) mass is 329 g/mol. The fourth-order valence-corrected chi connectivity index (χ4v) is 2.99. The van der Waals surface area contributed by atoms with E-state index in [4.69, 9.17) is 0 Å². The van der Waals surface area contributed by atoms with Crippen molar-refractivity contribution >= 4 is 15.7 Å². The van der Waals surface area contributed by atoms with Crippen molar-refractivity contribution in [3.05, 3.63) is 59.2 Å². The number of benzene rings is 2. The Kier molecular flexibility index (Phi) is 4.19. The fraction of sp³-hybridized carbons (Fsp3) is 0.200. The van der Waals surface area contributed by atoms with Gasteiger partial charge >= 0.3 is 6.18 Å². The van der Waals surface area contributed by atoms with Crippen LogP contribution in [0.1, 0.15) is 16.7 Å². The number of halogens is 3. The van der Waals surface area contributed by atoms with Crippen molar-refractivity contribution in [2.45, 2.75) is 24.9 Å². The molecule has 0 bridgehead atoms. The average molecular weight is 329 g/mol. The third-order valence-electron chi connectivity index (χ3n) is 3.23. The highest BCUT2D eigenvalue weighted by molar-refractivity contribution is 7.92. The molecule has 0 aliphatic rings. The Morgan fingerprint density at radius 1 is 0.955 bits per heavy atom. The summed E-state index contributed by atoms with van der Waals surface area (Å²) in [6.07, 6.45) is -4.53. The summed E-state index contributed by atoms with van der Waals surface area (Å²) < 4.78 is 64.6. The van der Waals surface area contributed by atoms with Gasteiger partial charge in [-0.3, -0.25) is 4.72 Å². The maximum Gasteiger partial charge on any atom is 0.416 e. The van der Waals surface area contributed by atoms with Crippen LogP contribution in [0.5, 0.6) is 0 Å². The second-order valence-electron chi connectivity index (χ2n) is 4.93. The van der Waals surface area contributed by atoms with Crippen LogP contribution in [-0.4, -0.2) is 8.42 Å². The molecule has 0 aliphatic carbocycles. The maximum absolute atomic E-state index is 12.6. The standard InChI is InChI=1S/C15H14F3NO2S/c1-10-6-7-14(8-11(10)2)22(20,21)19-13-5-3-4-12(9-13)15(16,17)18/h3-9,19H,1-2H3. The summed E-state index contributed by atoms with van der Waals surface area (Å²) in [6.45, 7) is 3.60. The van der Waals surface area contributed by atoms with Gasteiger partial charge in [0, 0.05) is 5.69 Å². The Morgan fingerprint density at radius 2 is 1.64 bits per heavy atom. The summed E-state index contributed by atoms with van der Waals surface area (Å²) in [5.74, 6) is 0. The van der Waals surface area contributed by atoms with Crippen molar-refractivity contribution in [3.63, 3.8) is 0 Å². The Morgan fingerprint density at radius 3 is 2.23 bits per heavy atom. The Balaban J connectivity index is 2.35. The quantitative estimate of drug-likeness (QED) is 0.920. The molecule has 0 spiro atoms. The lowest BCUT2D eigenvalue weighted by Gasteiger charge is -2.12. The second kappa shape index (κ2) is 5.64. The second-order valence-corrected chi connectivity index (χ2v) is 6.61. The van der Waals surface area contributed by atoms with Crippen molar-refractivity contribution in [1.82, 2.24) is 0 Å². The highest BCUT2D eigenvalue weighted by Gasteiger charge is 2.30. The molecule has 0 heterocycles. The zero-order chi connectivity index (χ0) is 16.5. The molecule has 0 fully saturated rings. The molecular formula is C15H14F3NO2S. The first-order valence-corrected chi connectivity index (χ1v) is 7.85. The van der Waals surface area contributed by atoms with E-state index < -0.39 is 21.8 Å². The van der Waals surface area contributed by atoms with Gasteiger partial charge in [0.25, 0.3) is 10.0 Å². The molecule has 0 unspecified atom stereocenters. The van der Waals surface area contributed by atoms with Gasteiger partial charge in [0.2, 0.25) is 0 Å². The highest BCUT2D eigenvalue weighted by Crippen LogP contribution is 2.31. The van der Waals surface area contributed by atoms with Crippen molar-refractivity contribution in [1.29, 1.82) is 0 Å². The SMILES string of the molecule is Cc1ccc(S(=O)(=O)Nc2cccc(C(F)(F)F)c2)cc1C. The van der Waals surface area contributed by atoms with Gasteiger partial charge in [-0.05, 0) is 55.3 Å². The lowest BCUT2D eigenvalue weighted by molar-refractivity contribution is -0.137. The first-order valence-electron chi connectivity index (χ1n) is 6.37. The molecule has 0 saturated carbocycles. The number of rotatable bonds is 3. The molecule has 0 aromatic heterocycles. The van der Waals surface area contributed by atoms with Gasteiger partial charge in [0.05, 0.1) is 10.5 Å². The van der Waals surface area contributed by atoms with Gasteiger partial charge in [-0.2, -0.15) is 13.2 Å². The zero-order valence-electron chi connectivity index (χ0n) is 11.9. The fourth-order valence-electron chi connectivity index (χ4n) is 1.85. The molecule has 2 rings (SSSR count). The maximum atomic E-state index is 12.6. The zero-order valence-corrected chi connectivity index (χ0v) is 12.7. The number of aryl methyl sites for hydroxylation is 2. The van der Waals surface area contributed by atoms with Crippen molar-refractivity contribution in [3.8, 4) is 0 Å². The first-order chi connectivity index (χ1) is 10.1. The predicted molar refractivity (Wildman–Crippen MR) is 78.2 cm³/mol. The molecule has 22 heavy (non-hydrogen) atoms. The van der Waals surface area contributed by atoms with Crippen molar-refractivity contribution in [2.75, 3.05) is 4.72 Å². The molecule has 0 radical (unpaired) electrons. The molecule has 0 atom stereocenters. The van der Waals surface area contributed by atoms with Crippen LogP contribution in [0, 0.1) is 13.8 Å². The minimum absolute atomic E-state index is 0.00742.